The zero-order chi connectivity index (χ0) is 21.2. The molecule has 0 spiro atoms. The maximum absolute atomic E-state index is 12.3. The average Bonchev–Trinajstić information content (AvgIpc) is 2.68. The van der Waals surface area contributed by atoms with Gasteiger partial charge in [0.15, 0.2) is 11.5 Å². The molecule has 0 aromatic heterocycles. The molecule has 2 amide bonds. The van der Waals surface area contributed by atoms with Crippen molar-refractivity contribution in [2.45, 2.75) is 33.7 Å². The Morgan fingerprint density at radius 2 is 1.66 bits per heavy atom. The molecule has 0 heterocycles. The van der Waals surface area contributed by atoms with Crippen LogP contribution in [-0.2, 0) is 9.59 Å². The van der Waals surface area contributed by atoms with Crippen LogP contribution in [0.25, 0.3) is 6.08 Å². The minimum atomic E-state index is -0.199. The second-order valence-electron chi connectivity index (χ2n) is 6.44. The Balaban J connectivity index is 2.00. The number of amides is 2. The number of nitrogens with one attached hydrogen (secondary N) is 2. The number of carbonyl (C=O) groups is 2. The van der Waals surface area contributed by atoms with E-state index in [4.69, 9.17) is 9.47 Å². The lowest BCUT2D eigenvalue weighted by Crippen LogP contribution is -2.24. The van der Waals surface area contributed by atoms with Gasteiger partial charge in [0.25, 0.3) is 0 Å². The molecule has 0 bridgehead atoms. The van der Waals surface area contributed by atoms with Crippen molar-refractivity contribution in [3.63, 3.8) is 0 Å². The summed E-state index contributed by atoms with van der Waals surface area (Å²) in [4.78, 5) is 23.3. The van der Waals surface area contributed by atoms with E-state index in [1.54, 1.807) is 18.2 Å². The van der Waals surface area contributed by atoms with Crippen LogP contribution in [0.3, 0.4) is 0 Å². The van der Waals surface area contributed by atoms with Crippen molar-refractivity contribution in [1.29, 1.82) is 0 Å². The monoisotopic (exact) mass is 396 g/mol. The zero-order valence-electron chi connectivity index (χ0n) is 17.3. The molecule has 0 saturated heterocycles. The molecule has 2 N–H and O–H groups in total. The summed E-state index contributed by atoms with van der Waals surface area (Å²) in [6, 6.07) is 12.7. The summed E-state index contributed by atoms with van der Waals surface area (Å²) in [5.41, 5.74) is 2.51. The summed E-state index contributed by atoms with van der Waals surface area (Å²) < 4.78 is 11.2. The molecular formula is C23H28N2O4. The SMILES string of the molecule is CCOc1ccc(C(C)NC(=O)/C=C/c2ccc(NC(C)=O)cc2)cc1OCC. The molecule has 1 atom stereocenters. The van der Waals surface area contributed by atoms with E-state index in [-0.39, 0.29) is 17.9 Å². The first-order valence-electron chi connectivity index (χ1n) is 9.68. The molecule has 0 radical (unpaired) electrons. The van der Waals surface area contributed by atoms with Crippen LogP contribution in [0, 0.1) is 0 Å². The van der Waals surface area contributed by atoms with Crippen molar-refractivity contribution in [1.82, 2.24) is 5.32 Å². The van der Waals surface area contributed by atoms with Crippen LogP contribution in [0.4, 0.5) is 5.69 Å². The normalized spacial score (nSPS) is 11.7. The van der Waals surface area contributed by atoms with Crippen molar-refractivity contribution in [2.75, 3.05) is 18.5 Å². The van der Waals surface area contributed by atoms with Crippen LogP contribution < -0.4 is 20.1 Å². The fraction of sp³-hybridized carbons (Fsp3) is 0.304. The number of anilines is 1. The maximum atomic E-state index is 12.3. The third-order valence-electron chi connectivity index (χ3n) is 4.08. The molecule has 6 heteroatoms. The van der Waals surface area contributed by atoms with Gasteiger partial charge >= 0.3 is 0 Å². The molecule has 29 heavy (non-hydrogen) atoms. The number of ether oxygens (including phenoxy) is 2. The maximum Gasteiger partial charge on any atom is 0.244 e. The lowest BCUT2D eigenvalue weighted by molar-refractivity contribution is -0.117. The highest BCUT2D eigenvalue weighted by molar-refractivity contribution is 5.92. The second kappa shape index (κ2) is 10.9. The number of rotatable bonds is 9. The number of hydrogen-bond acceptors (Lipinski definition) is 4. The summed E-state index contributed by atoms with van der Waals surface area (Å²) in [6.45, 7) is 8.31. The average molecular weight is 396 g/mol. The van der Waals surface area contributed by atoms with Crippen LogP contribution in [0.5, 0.6) is 11.5 Å². The Labute approximate surface area is 171 Å². The topological polar surface area (TPSA) is 76.7 Å². The van der Waals surface area contributed by atoms with Crippen LogP contribution in [0.15, 0.2) is 48.5 Å². The third kappa shape index (κ3) is 6.99. The van der Waals surface area contributed by atoms with Gasteiger partial charge in [-0.25, -0.2) is 0 Å². The van der Waals surface area contributed by atoms with E-state index in [2.05, 4.69) is 10.6 Å². The van der Waals surface area contributed by atoms with Crippen LogP contribution in [-0.4, -0.2) is 25.0 Å². The van der Waals surface area contributed by atoms with Crippen LogP contribution in [0.2, 0.25) is 0 Å². The summed E-state index contributed by atoms with van der Waals surface area (Å²) in [6.07, 6.45) is 3.21. The fourth-order valence-corrected chi connectivity index (χ4v) is 2.73. The Hall–Kier alpha value is -3.28. The smallest absolute Gasteiger partial charge is 0.244 e. The van der Waals surface area contributed by atoms with Crippen molar-refractivity contribution < 1.29 is 19.1 Å². The largest absolute Gasteiger partial charge is 0.490 e. The standard InChI is InChI=1S/C23H28N2O4/c1-5-28-21-13-10-19(15-22(21)29-6-2)16(3)24-23(27)14-9-18-7-11-20(12-8-18)25-17(4)26/h7-16H,5-6H2,1-4H3,(H,24,27)(H,25,26)/b14-9+. The van der Waals surface area contributed by atoms with Crippen molar-refractivity contribution >= 4 is 23.6 Å². The molecule has 2 rings (SSSR count). The van der Waals surface area contributed by atoms with Gasteiger partial charge in [0.1, 0.15) is 0 Å². The van der Waals surface area contributed by atoms with Gasteiger partial charge in [0.05, 0.1) is 19.3 Å². The van der Waals surface area contributed by atoms with E-state index in [0.29, 0.717) is 30.4 Å². The minimum Gasteiger partial charge on any atom is -0.490 e. The summed E-state index contributed by atoms with van der Waals surface area (Å²) in [7, 11) is 0. The Bertz CT molecular complexity index is 860. The summed E-state index contributed by atoms with van der Waals surface area (Å²) >= 11 is 0. The predicted molar refractivity (Wildman–Crippen MR) is 115 cm³/mol. The number of carbonyl (C=O) groups excluding carboxylic acids is 2. The van der Waals surface area contributed by atoms with E-state index in [1.807, 2.05) is 51.1 Å². The molecule has 0 saturated carbocycles. The highest BCUT2D eigenvalue weighted by Crippen LogP contribution is 2.30. The van der Waals surface area contributed by atoms with Gasteiger partial charge in [-0.1, -0.05) is 18.2 Å². The molecule has 0 aliphatic rings. The van der Waals surface area contributed by atoms with Crippen molar-refractivity contribution in [3.05, 3.63) is 59.7 Å². The van der Waals surface area contributed by atoms with Gasteiger partial charge < -0.3 is 20.1 Å². The van der Waals surface area contributed by atoms with Gasteiger partial charge in [0.2, 0.25) is 11.8 Å². The highest BCUT2D eigenvalue weighted by Gasteiger charge is 2.12. The van der Waals surface area contributed by atoms with Gasteiger partial charge in [-0.05, 0) is 62.2 Å². The highest BCUT2D eigenvalue weighted by atomic mass is 16.5. The lowest BCUT2D eigenvalue weighted by Gasteiger charge is -2.17. The molecular weight excluding hydrogens is 368 g/mol. The van der Waals surface area contributed by atoms with E-state index >= 15 is 0 Å². The van der Waals surface area contributed by atoms with Gasteiger partial charge in [-0.2, -0.15) is 0 Å². The number of hydrogen-bond donors (Lipinski definition) is 2. The second-order valence-corrected chi connectivity index (χ2v) is 6.44. The Kier molecular flexibility index (Phi) is 8.27. The number of benzene rings is 2. The zero-order valence-corrected chi connectivity index (χ0v) is 17.3. The molecule has 0 aliphatic carbocycles. The van der Waals surface area contributed by atoms with E-state index in [0.717, 1.165) is 11.1 Å². The molecule has 0 aliphatic heterocycles. The minimum absolute atomic E-state index is 0.122. The van der Waals surface area contributed by atoms with Gasteiger partial charge in [0, 0.05) is 18.7 Å². The van der Waals surface area contributed by atoms with E-state index in [9.17, 15) is 9.59 Å². The summed E-state index contributed by atoms with van der Waals surface area (Å²) in [5, 5.41) is 5.65. The van der Waals surface area contributed by atoms with E-state index < -0.39 is 0 Å². The molecule has 2 aromatic carbocycles. The van der Waals surface area contributed by atoms with Crippen molar-refractivity contribution in [2.24, 2.45) is 0 Å². The molecule has 0 fully saturated rings. The van der Waals surface area contributed by atoms with E-state index in [1.165, 1.54) is 13.0 Å². The molecule has 154 valence electrons. The Morgan fingerprint density at radius 3 is 2.28 bits per heavy atom. The molecule has 6 nitrogen and oxygen atoms in total. The summed E-state index contributed by atoms with van der Waals surface area (Å²) in [5.74, 6) is 1.04. The first-order valence-corrected chi connectivity index (χ1v) is 9.68. The lowest BCUT2D eigenvalue weighted by atomic mass is 10.1. The predicted octanol–water partition coefficient (Wildman–Crippen LogP) is 4.33. The first kappa shape index (κ1) is 22.0. The van der Waals surface area contributed by atoms with Crippen LogP contribution in [0.1, 0.15) is 44.9 Å². The van der Waals surface area contributed by atoms with Crippen LogP contribution >= 0.6 is 0 Å². The first-order chi connectivity index (χ1) is 13.9. The van der Waals surface area contributed by atoms with Gasteiger partial charge in [-0.15, -0.1) is 0 Å². The molecule has 1 unspecified atom stereocenters. The fourth-order valence-electron chi connectivity index (χ4n) is 2.73. The Morgan fingerprint density at radius 1 is 1.00 bits per heavy atom. The third-order valence-corrected chi connectivity index (χ3v) is 4.08. The van der Waals surface area contributed by atoms with Gasteiger partial charge in [-0.3, -0.25) is 9.59 Å². The van der Waals surface area contributed by atoms with Crippen molar-refractivity contribution in [3.8, 4) is 11.5 Å². The quantitative estimate of drug-likeness (QED) is 0.619. The molecule has 2 aromatic rings.